The Labute approximate surface area is 185 Å². The average Bonchev–Trinajstić information content (AvgIpc) is 2.68. The maximum atomic E-state index is 12.8. The Morgan fingerprint density at radius 2 is 1.42 bits per heavy atom. The summed E-state index contributed by atoms with van der Waals surface area (Å²) >= 11 is 1.48. The van der Waals surface area contributed by atoms with Crippen LogP contribution in [0.2, 0.25) is 0 Å². The maximum Gasteiger partial charge on any atom is 0.326 e. The van der Waals surface area contributed by atoms with Crippen molar-refractivity contribution in [2.24, 2.45) is 17.2 Å². The van der Waals surface area contributed by atoms with Crippen LogP contribution in [0.4, 0.5) is 0 Å². The second kappa shape index (κ2) is 15.4. The quantitative estimate of drug-likeness (QED) is 0.122. The molecular formula is C18H34N6O6S. The first kappa shape index (κ1) is 28.6. The normalized spacial score (nSPS) is 14.6. The summed E-state index contributed by atoms with van der Waals surface area (Å²) in [6, 6.07) is -4.35. The molecule has 0 aromatic rings. The van der Waals surface area contributed by atoms with Crippen LogP contribution in [0, 0.1) is 0 Å². The number of thioether (sulfide) groups is 1. The predicted molar refractivity (Wildman–Crippen MR) is 117 cm³/mol. The van der Waals surface area contributed by atoms with Crippen molar-refractivity contribution >= 4 is 41.4 Å². The van der Waals surface area contributed by atoms with Gasteiger partial charge in [0.1, 0.15) is 18.1 Å². The Bertz CT molecular complexity index is 633. The Morgan fingerprint density at radius 1 is 0.903 bits per heavy atom. The molecule has 0 rings (SSSR count). The zero-order valence-electron chi connectivity index (χ0n) is 17.9. The van der Waals surface area contributed by atoms with Gasteiger partial charge in [-0.3, -0.25) is 19.2 Å². The fourth-order valence-electron chi connectivity index (χ4n) is 2.52. The van der Waals surface area contributed by atoms with Crippen molar-refractivity contribution in [3.8, 4) is 0 Å². The predicted octanol–water partition coefficient (Wildman–Crippen LogP) is -2.37. The second-order valence-electron chi connectivity index (χ2n) is 7.05. The molecule has 0 heterocycles. The number of amides is 4. The van der Waals surface area contributed by atoms with E-state index in [-0.39, 0.29) is 6.42 Å². The molecule has 4 unspecified atom stereocenters. The number of primary amides is 1. The van der Waals surface area contributed by atoms with E-state index in [1.54, 1.807) is 0 Å². The van der Waals surface area contributed by atoms with E-state index >= 15 is 0 Å². The zero-order chi connectivity index (χ0) is 24.0. The topological polar surface area (TPSA) is 220 Å². The third-order valence-electron chi connectivity index (χ3n) is 4.26. The molecule has 0 aliphatic rings. The highest BCUT2D eigenvalue weighted by molar-refractivity contribution is 7.98. The van der Waals surface area contributed by atoms with Gasteiger partial charge in [-0.05, 0) is 51.2 Å². The Kier molecular flexibility index (Phi) is 14.2. The first-order chi connectivity index (χ1) is 14.5. The molecule has 10 N–H and O–H groups in total. The van der Waals surface area contributed by atoms with Gasteiger partial charge in [-0.25, -0.2) is 4.79 Å². The Balaban J connectivity index is 5.39. The summed E-state index contributed by atoms with van der Waals surface area (Å²) in [6.45, 7) is 1.86. The number of carboxylic acids is 1. The van der Waals surface area contributed by atoms with Gasteiger partial charge < -0.3 is 38.3 Å². The van der Waals surface area contributed by atoms with Gasteiger partial charge in [0.15, 0.2) is 0 Å². The number of carbonyl (C=O) groups is 5. The molecule has 0 spiro atoms. The van der Waals surface area contributed by atoms with E-state index in [0.29, 0.717) is 31.6 Å². The van der Waals surface area contributed by atoms with E-state index in [0.717, 1.165) is 0 Å². The van der Waals surface area contributed by atoms with Crippen molar-refractivity contribution in [1.82, 2.24) is 16.0 Å². The fraction of sp³-hybridized carbons (Fsp3) is 0.722. The molecule has 0 aliphatic heterocycles. The number of nitrogens with two attached hydrogens (primary N) is 3. The van der Waals surface area contributed by atoms with Gasteiger partial charge in [-0.2, -0.15) is 11.8 Å². The largest absolute Gasteiger partial charge is 0.480 e. The molecule has 0 saturated heterocycles. The number of rotatable bonds is 16. The van der Waals surface area contributed by atoms with Gasteiger partial charge in [-0.15, -0.1) is 0 Å². The second-order valence-corrected chi connectivity index (χ2v) is 8.03. The third-order valence-corrected chi connectivity index (χ3v) is 4.90. The Hall–Kier alpha value is -2.38. The minimum atomic E-state index is -1.52. The molecule has 0 radical (unpaired) electrons. The molecule has 31 heavy (non-hydrogen) atoms. The van der Waals surface area contributed by atoms with Gasteiger partial charge in [-0.1, -0.05) is 0 Å². The molecule has 0 bridgehead atoms. The zero-order valence-corrected chi connectivity index (χ0v) is 18.7. The summed E-state index contributed by atoms with van der Waals surface area (Å²) in [6.07, 6.45) is 2.82. The van der Waals surface area contributed by atoms with Gasteiger partial charge in [0, 0.05) is 0 Å². The smallest absolute Gasteiger partial charge is 0.326 e. The van der Waals surface area contributed by atoms with Gasteiger partial charge in [0.2, 0.25) is 23.6 Å². The van der Waals surface area contributed by atoms with Crippen LogP contribution < -0.4 is 33.2 Å². The number of hydrogen-bond acceptors (Lipinski definition) is 8. The number of aliphatic carboxylic acids is 1. The summed E-state index contributed by atoms with van der Waals surface area (Å²) in [5.74, 6) is -3.65. The summed E-state index contributed by atoms with van der Waals surface area (Å²) in [5, 5.41) is 16.5. The van der Waals surface area contributed by atoms with E-state index in [9.17, 15) is 29.1 Å². The van der Waals surface area contributed by atoms with Crippen LogP contribution in [0.5, 0.6) is 0 Å². The summed E-state index contributed by atoms with van der Waals surface area (Å²) in [5.41, 5.74) is 16.1. The van der Waals surface area contributed by atoms with Crippen LogP contribution >= 0.6 is 11.8 Å². The summed E-state index contributed by atoms with van der Waals surface area (Å²) in [7, 11) is 0. The number of hydrogen-bond donors (Lipinski definition) is 7. The van der Waals surface area contributed by atoms with Crippen LogP contribution in [-0.2, 0) is 24.0 Å². The molecule has 178 valence electrons. The molecule has 4 atom stereocenters. The highest BCUT2D eigenvalue weighted by atomic mass is 32.2. The minimum Gasteiger partial charge on any atom is -0.480 e. The minimum absolute atomic E-state index is 0.189. The lowest BCUT2D eigenvalue weighted by molar-refractivity contribution is -0.143. The summed E-state index contributed by atoms with van der Waals surface area (Å²) in [4.78, 5) is 59.8. The summed E-state index contributed by atoms with van der Waals surface area (Å²) < 4.78 is 0. The van der Waals surface area contributed by atoms with Crippen LogP contribution in [0.15, 0.2) is 0 Å². The van der Waals surface area contributed by atoms with Gasteiger partial charge in [0.05, 0.1) is 12.5 Å². The average molecular weight is 463 g/mol. The van der Waals surface area contributed by atoms with Crippen LogP contribution in [-0.4, -0.2) is 77.4 Å². The van der Waals surface area contributed by atoms with E-state index in [1.807, 2.05) is 6.26 Å². The fourth-order valence-corrected chi connectivity index (χ4v) is 2.99. The molecule has 12 nitrogen and oxygen atoms in total. The highest BCUT2D eigenvalue weighted by Crippen LogP contribution is 2.06. The van der Waals surface area contributed by atoms with E-state index in [2.05, 4.69) is 16.0 Å². The maximum absolute atomic E-state index is 12.8. The standard InChI is InChI=1S/C18H34N6O6S/c1-10(20)15(26)22-12(6-8-31-2)17(28)23-11(5-3-4-7-19)16(27)24-13(18(29)30)9-14(21)25/h10-13H,3-9,19-20H2,1-2H3,(H2,21,25)(H,22,26)(H,23,28)(H,24,27)(H,29,30). The highest BCUT2D eigenvalue weighted by Gasteiger charge is 2.30. The molecule has 0 aromatic heterocycles. The molecule has 0 aromatic carbocycles. The number of carbonyl (C=O) groups excluding carboxylic acids is 4. The monoisotopic (exact) mass is 462 g/mol. The molecule has 0 saturated carbocycles. The van der Waals surface area contributed by atoms with Crippen molar-refractivity contribution in [3.05, 3.63) is 0 Å². The lowest BCUT2D eigenvalue weighted by atomic mass is 10.1. The van der Waals surface area contributed by atoms with Gasteiger partial charge >= 0.3 is 5.97 Å². The van der Waals surface area contributed by atoms with Crippen molar-refractivity contribution in [3.63, 3.8) is 0 Å². The SMILES string of the molecule is CSCCC(NC(=O)C(C)N)C(=O)NC(CCCCN)C(=O)NC(CC(N)=O)C(=O)O. The van der Waals surface area contributed by atoms with E-state index in [1.165, 1.54) is 18.7 Å². The van der Waals surface area contributed by atoms with Crippen molar-refractivity contribution in [2.75, 3.05) is 18.6 Å². The van der Waals surface area contributed by atoms with E-state index in [4.69, 9.17) is 17.2 Å². The van der Waals surface area contributed by atoms with Crippen LogP contribution in [0.1, 0.15) is 39.0 Å². The first-order valence-electron chi connectivity index (χ1n) is 9.90. The van der Waals surface area contributed by atoms with Crippen molar-refractivity contribution in [2.45, 2.75) is 63.2 Å². The van der Waals surface area contributed by atoms with Gasteiger partial charge in [0.25, 0.3) is 0 Å². The molecular weight excluding hydrogens is 428 g/mol. The lowest BCUT2D eigenvalue weighted by Crippen LogP contribution is -2.57. The number of unbranched alkanes of at least 4 members (excludes halogenated alkanes) is 1. The third kappa shape index (κ3) is 12.2. The lowest BCUT2D eigenvalue weighted by Gasteiger charge is -2.24. The van der Waals surface area contributed by atoms with E-state index < -0.39 is 60.2 Å². The molecule has 0 fully saturated rings. The van der Waals surface area contributed by atoms with Crippen molar-refractivity contribution < 1.29 is 29.1 Å². The van der Waals surface area contributed by atoms with Crippen LogP contribution in [0.25, 0.3) is 0 Å². The van der Waals surface area contributed by atoms with Crippen LogP contribution in [0.3, 0.4) is 0 Å². The van der Waals surface area contributed by atoms with Crippen molar-refractivity contribution in [1.29, 1.82) is 0 Å². The Morgan fingerprint density at radius 3 is 1.87 bits per heavy atom. The first-order valence-corrected chi connectivity index (χ1v) is 11.3. The molecule has 13 heteroatoms. The number of carboxylic acid groups (broad SMARTS) is 1. The molecule has 0 aliphatic carbocycles. The molecule has 4 amide bonds. The number of nitrogens with one attached hydrogen (secondary N) is 3.